The van der Waals surface area contributed by atoms with Gasteiger partial charge in [-0.1, -0.05) is 35.0 Å². The summed E-state index contributed by atoms with van der Waals surface area (Å²) < 4.78 is 15.8. The third-order valence-electron chi connectivity index (χ3n) is 3.68. The fraction of sp³-hybridized carbons (Fsp3) is 0.471. The van der Waals surface area contributed by atoms with Crippen molar-refractivity contribution in [3.8, 4) is 11.5 Å². The van der Waals surface area contributed by atoms with Crippen molar-refractivity contribution in [3.63, 3.8) is 0 Å². The minimum absolute atomic E-state index is 0.218. The molecule has 0 amide bonds. The number of ether oxygens (including phenoxy) is 3. The van der Waals surface area contributed by atoms with Crippen LogP contribution in [0, 0.1) is 12.8 Å². The highest BCUT2D eigenvalue weighted by atomic mass is 79.9. The standard InChI is InChI=1S/C17H23BrO4/c1-11(8-9-18)10-14(17(19)22-5)13-6-7-15(20-3)12(2)16(13)21-4/h6-9,11,14H,10H2,1-5H3/b9-8-/t11-,14-/m0/s1. The molecule has 0 bridgehead atoms. The van der Waals surface area contributed by atoms with Crippen LogP contribution < -0.4 is 9.47 Å². The van der Waals surface area contributed by atoms with Gasteiger partial charge in [-0.05, 0) is 30.3 Å². The van der Waals surface area contributed by atoms with Gasteiger partial charge in [0.25, 0.3) is 0 Å². The quantitative estimate of drug-likeness (QED) is 0.674. The highest BCUT2D eigenvalue weighted by Crippen LogP contribution is 2.38. The average molecular weight is 371 g/mol. The van der Waals surface area contributed by atoms with Gasteiger partial charge in [0, 0.05) is 11.1 Å². The van der Waals surface area contributed by atoms with E-state index in [0.29, 0.717) is 12.2 Å². The molecule has 4 nitrogen and oxygen atoms in total. The van der Waals surface area contributed by atoms with Gasteiger partial charge in [0.15, 0.2) is 0 Å². The van der Waals surface area contributed by atoms with E-state index in [0.717, 1.165) is 16.9 Å². The number of rotatable bonds is 7. The zero-order valence-corrected chi connectivity index (χ0v) is 15.3. The SMILES string of the molecule is COC(=O)[C@@H](C[C@@H](C)/C=C\Br)c1ccc(OC)c(C)c1OC. The van der Waals surface area contributed by atoms with Gasteiger partial charge >= 0.3 is 5.97 Å². The predicted molar refractivity (Wildman–Crippen MR) is 90.9 cm³/mol. The molecule has 1 rings (SSSR count). The van der Waals surface area contributed by atoms with Gasteiger partial charge in [-0.3, -0.25) is 4.79 Å². The molecule has 0 saturated heterocycles. The number of benzene rings is 1. The molecular weight excluding hydrogens is 348 g/mol. The lowest BCUT2D eigenvalue weighted by Crippen LogP contribution is -2.18. The highest BCUT2D eigenvalue weighted by Gasteiger charge is 2.27. The van der Waals surface area contributed by atoms with Crippen molar-refractivity contribution in [2.24, 2.45) is 5.92 Å². The Morgan fingerprint density at radius 3 is 2.45 bits per heavy atom. The van der Waals surface area contributed by atoms with Crippen LogP contribution in [-0.2, 0) is 9.53 Å². The van der Waals surface area contributed by atoms with E-state index in [9.17, 15) is 4.79 Å². The first-order valence-electron chi connectivity index (χ1n) is 7.06. The van der Waals surface area contributed by atoms with Gasteiger partial charge in [-0.15, -0.1) is 0 Å². The van der Waals surface area contributed by atoms with Crippen molar-refractivity contribution in [2.75, 3.05) is 21.3 Å². The van der Waals surface area contributed by atoms with E-state index in [1.807, 2.05) is 30.1 Å². The Hall–Kier alpha value is -1.49. The maximum Gasteiger partial charge on any atom is 0.313 e. The van der Waals surface area contributed by atoms with Crippen molar-refractivity contribution in [1.82, 2.24) is 0 Å². The van der Waals surface area contributed by atoms with E-state index in [1.165, 1.54) is 7.11 Å². The first-order valence-corrected chi connectivity index (χ1v) is 7.97. The molecule has 5 heteroatoms. The number of esters is 1. The molecule has 0 aliphatic rings. The summed E-state index contributed by atoms with van der Waals surface area (Å²) in [5, 5.41) is 0. The summed E-state index contributed by atoms with van der Waals surface area (Å²) >= 11 is 3.27. The van der Waals surface area contributed by atoms with E-state index >= 15 is 0 Å². The Labute approximate surface area is 140 Å². The van der Waals surface area contributed by atoms with E-state index in [2.05, 4.69) is 22.9 Å². The smallest absolute Gasteiger partial charge is 0.313 e. The Bertz CT molecular complexity index is 540. The molecule has 0 spiro atoms. The maximum atomic E-state index is 12.2. The van der Waals surface area contributed by atoms with Crippen LogP contribution in [0.2, 0.25) is 0 Å². The number of hydrogen-bond acceptors (Lipinski definition) is 4. The van der Waals surface area contributed by atoms with Crippen LogP contribution in [0.5, 0.6) is 11.5 Å². The van der Waals surface area contributed by atoms with Crippen molar-refractivity contribution < 1.29 is 19.0 Å². The summed E-state index contributed by atoms with van der Waals surface area (Å²) in [5.41, 5.74) is 1.70. The van der Waals surface area contributed by atoms with Crippen LogP contribution in [0.4, 0.5) is 0 Å². The van der Waals surface area contributed by atoms with E-state index in [4.69, 9.17) is 14.2 Å². The lowest BCUT2D eigenvalue weighted by Gasteiger charge is -2.22. The molecule has 0 radical (unpaired) electrons. The third-order valence-corrected chi connectivity index (χ3v) is 3.99. The molecule has 0 fully saturated rings. The van der Waals surface area contributed by atoms with Crippen molar-refractivity contribution >= 4 is 21.9 Å². The Morgan fingerprint density at radius 1 is 1.27 bits per heavy atom. The second kappa shape index (κ2) is 8.83. The minimum Gasteiger partial charge on any atom is -0.496 e. The molecule has 0 N–H and O–H groups in total. The van der Waals surface area contributed by atoms with E-state index < -0.39 is 0 Å². The molecular formula is C17H23BrO4. The van der Waals surface area contributed by atoms with Crippen molar-refractivity contribution in [1.29, 1.82) is 0 Å². The third kappa shape index (κ3) is 4.26. The topological polar surface area (TPSA) is 44.8 Å². The summed E-state index contributed by atoms with van der Waals surface area (Å²) in [6.07, 6.45) is 2.63. The minimum atomic E-state index is -0.386. The van der Waals surface area contributed by atoms with Gasteiger partial charge in [0.05, 0.1) is 27.2 Å². The molecule has 0 unspecified atom stereocenters. The monoisotopic (exact) mass is 370 g/mol. The van der Waals surface area contributed by atoms with Gasteiger partial charge in [-0.25, -0.2) is 0 Å². The van der Waals surface area contributed by atoms with Crippen molar-refractivity contribution in [2.45, 2.75) is 26.2 Å². The number of allylic oxidation sites excluding steroid dienone is 1. The van der Waals surface area contributed by atoms with Crippen LogP contribution in [0.15, 0.2) is 23.2 Å². The Kier molecular flexibility index (Phi) is 7.45. The summed E-state index contributed by atoms with van der Waals surface area (Å²) in [7, 11) is 4.62. The van der Waals surface area contributed by atoms with Crippen LogP contribution in [-0.4, -0.2) is 27.3 Å². The lowest BCUT2D eigenvalue weighted by atomic mass is 9.88. The molecule has 0 heterocycles. The first-order chi connectivity index (χ1) is 10.5. The van der Waals surface area contributed by atoms with Gasteiger partial charge < -0.3 is 14.2 Å². The van der Waals surface area contributed by atoms with Gasteiger partial charge in [-0.2, -0.15) is 0 Å². The fourth-order valence-electron chi connectivity index (χ4n) is 2.53. The summed E-state index contributed by atoms with van der Waals surface area (Å²) in [6, 6.07) is 3.73. The zero-order valence-electron chi connectivity index (χ0n) is 13.7. The molecule has 0 saturated carbocycles. The molecule has 0 aromatic heterocycles. The number of carbonyl (C=O) groups is 1. The first kappa shape index (κ1) is 18.6. The van der Waals surface area contributed by atoms with Crippen LogP contribution in [0.3, 0.4) is 0 Å². The average Bonchev–Trinajstić information content (AvgIpc) is 2.52. The summed E-state index contributed by atoms with van der Waals surface area (Å²) in [5.74, 6) is 0.971. The summed E-state index contributed by atoms with van der Waals surface area (Å²) in [6.45, 7) is 3.97. The molecule has 0 aliphatic carbocycles. The number of halogens is 1. The van der Waals surface area contributed by atoms with E-state index in [-0.39, 0.29) is 17.8 Å². The molecule has 22 heavy (non-hydrogen) atoms. The molecule has 0 aliphatic heterocycles. The van der Waals surface area contributed by atoms with Crippen LogP contribution in [0.25, 0.3) is 0 Å². The van der Waals surface area contributed by atoms with Crippen LogP contribution >= 0.6 is 15.9 Å². The van der Waals surface area contributed by atoms with Crippen molar-refractivity contribution in [3.05, 3.63) is 34.3 Å². The van der Waals surface area contributed by atoms with Crippen LogP contribution in [0.1, 0.15) is 30.4 Å². The predicted octanol–water partition coefficient (Wildman–Crippen LogP) is 4.20. The largest absolute Gasteiger partial charge is 0.496 e. The zero-order chi connectivity index (χ0) is 16.7. The molecule has 1 aromatic carbocycles. The molecule has 2 atom stereocenters. The summed E-state index contributed by atoms with van der Waals surface area (Å²) in [4.78, 5) is 14.0. The normalized spacial score (nSPS) is 13.7. The second-order valence-electron chi connectivity index (χ2n) is 5.12. The maximum absolute atomic E-state index is 12.2. The Morgan fingerprint density at radius 2 is 1.95 bits per heavy atom. The fourth-order valence-corrected chi connectivity index (χ4v) is 3.05. The Balaban J connectivity index is 3.30. The van der Waals surface area contributed by atoms with E-state index in [1.54, 1.807) is 14.2 Å². The van der Waals surface area contributed by atoms with Gasteiger partial charge in [0.2, 0.25) is 0 Å². The molecule has 122 valence electrons. The lowest BCUT2D eigenvalue weighted by molar-refractivity contribution is -0.142. The number of methoxy groups -OCH3 is 3. The van der Waals surface area contributed by atoms with Gasteiger partial charge in [0.1, 0.15) is 11.5 Å². The highest BCUT2D eigenvalue weighted by molar-refractivity contribution is 9.11. The molecule has 1 aromatic rings. The number of carbonyl (C=O) groups excluding carboxylic acids is 1. The second-order valence-corrected chi connectivity index (χ2v) is 5.65. The number of hydrogen-bond donors (Lipinski definition) is 0.